The minimum Gasteiger partial charge on any atom is -0.462 e. The van der Waals surface area contributed by atoms with Crippen molar-refractivity contribution in [3.63, 3.8) is 0 Å². The van der Waals surface area contributed by atoms with Crippen molar-refractivity contribution in [3.05, 3.63) is 23.9 Å². The third kappa shape index (κ3) is 4.42. The Kier molecular flexibility index (Phi) is 5.51. The third-order valence-corrected chi connectivity index (χ3v) is 3.17. The first-order valence-electron chi connectivity index (χ1n) is 7.06. The normalized spacial score (nSPS) is 14.6. The lowest BCUT2D eigenvalue weighted by molar-refractivity contribution is -0.129. The predicted octanol–water partition coefficient (Wildman–Crippen LogP) is 0.102. The summed E-state index contributed by atoms with van der Waals surface area (Å²) in [5, 5.41) is 6.17. The predicted molar refractivity (Wildman–Crippen MR) is 78.1 cm³/mol. The zero-order chi connectivity index (χ0) is 15.1. The van der Waals surface area contributed by atoms with Gasteiger partial charge in [-0.1, -0.05) is 0 Å². The van der Waals surface area contributed by atoms with Gasteiger partial charge in [-0.2, -0.15) is 0 Å². The molecule has 2 heterocycles. The highest BCUT2D eigenvalue weighted by molar-refractivity contribution is 5.89. The quantitative estimate of drug-likeness (QED) is 0.749. The molecular formula is C14H20N4O3. The summed E-state index contributed by atoms with van der Waals surface area (Å²) < 4.78 is 4.88. The summed E-state index contributed by atoms with van der Waals surface area (Å²) in [4.78, 5) is 29.4. The highest BCUT2D eigenvalue weighted by Crippen LogP contribution is 2.06. The first-order valence-corrected chi connectivity index (χ1v) is 7.06. The molecular weight excluding hydrogens is 272 g/mol. The van der Waals surface area contributed by atoms with Gasteiger partial charge in [0, 0.05) is 32.4 Å². The molecule has 1 aromatic heterocycles. The number of amides is 1. The fourth-order valence-electron chi connectivity index (χ4n) is 2.03. The van der Waals surface area contributed by atoms with Crippen LogP contribution in [0.15, 0.2) is 18.3 Å². The van der Waals surface area contributed by atoms with Crippen LogP contribution in [0.2, 0.25) is 0 Å². The Bertz CT molecular complexity index is 483. The molecule has 0 saturated carbocycles. The van der Waals surface area contributed by atoms with Crippen LogP contribution < -0.4 is 10.6 Å². The van der Waals surface area contributed by atoms with Crippen LogP contribution in [0.25, 0.3) is 0 Å². The van der Waals surface area contributed by atoms with Crippen molar-refractivity contribution in [2.45, 2.75) is 6.92 Å². The number of carbonyl (C=O) groups is 2. The molecule has 1 saturated heterocycles. The first-order chi connectivity index (χ1) is 10.2. The van der Waals surface area contributed by atoms with E-state index in [4.69, 9.17) is 4.74 Å². The van der Waals surface area contributed by atoms with Gasteiger partial charge in [0.25, 0.3) is 0 Å². The van der Waals surface area contributed by atoms with Crippen LogP contribution in [0.1, 0.15) is 17.3 Å². The Labute approximate surface area is 123 Å². The molecule has 0 aromatic carbocycles. The van der Waals surface area contributed by atoms with Gasteiger partial charge in [0.2, 0.25) is 5.91 Å². The second-order valence-electron chi connectivity index (χ2n) is 4.64. The van der Waals surface area contributed by atoms with Crippen molar-refractivity contribution in [2.75, 3.05) is 44.6 Å². The minimum atomic E-state index is -0.395. The second-order valence-corrected chi connectivity index (χ2v) is 4.64. The Hall–Kier alpha value is -2.15. The van der Waals surface area contributed by atoms with E-state index in [-0.39, 0.29) is 12.5 Å². The van der Waals surface area contributed by atoms with Crippen molar-refractivity contribution in [1.82, 2.24) is 15.2 Å². The van der Waals surface area contributed by atoms with Gasteiger partial charge in [0.05, 0.1) is 18.7 Å². The number of aromatic nitrogens is 1. The number of hydrogen-bond acceptors (Lipinski definition) is 6. The van der Waals surface area contributed by atoms with Crippen molar-refractivity contribution >= 4 is 17.7 Å². The minimum absolute atomic E-state index is 0.0489. The zero-order valence-corrected chi connectivity index (χ0v) is 12.1. The molecule has 7 nitrogen and oxygen atoms in total. The monoisotopic (exact) mass is 292 g/mol. The Morgan fingerprint density at radius 2 is 2.14 bits per heavy atom. The van der Waals surface area contributed by atoms with Crippen LogP contribution in [0.3, 0.4) is 0 Å². The lowest BCUT2D eigenvalue weighted by Crippen LogP contribution is -2.48. The molecule has 1 aliphatic rings. The number of anilines is 1. The molecule has 2 rings (SSSR count). The summed E-state index contributed by atoms with van der Waals surface area (Å²) in [6.45, 7) is 5.41. The number of rotatable bonds is 5. The zero-order valence-electron chi connectivity index (χ0n) is 12.1. The van der Waals surface area contributed by atoms with Gasteiger partial charge in [-0.15, -0.1) is 0 Å². The van der Waals surface area contributed by atoms with E-state index in [1.54, 1.807) is 19.1 Å². The number of carbonyl (C=O) groups excluding carboxylic acids is 2. The Morgan fingerprint density at radius 3 is 2.76 bits per heavy atom. The van der Waals surface area contributed by atoms with E-state index in [0.717, 1.165) is 26.2 Å². The molecule has 21 heavy (non-hydrogen) atoms. The van der Waals surface area contributed by atoms with Crippen molar-refractivity contribution in [1.29, 1.82) is 0 Å². The number of ether oxygens (including phenoxy) is 1. The number of hydrogen-bond donors (Lipinski definition) is 2. The van der Waals surface area contributed by atoms with Crippen molar-refractivity contribution in [2.24, 2.45) is 0 Å². The Morgan fingerprint density at radius 1 is 1.38 bits per heavy atom. The Balaban J connectivity index is 1.83. The van der Waals surface area contributed by atoms with Gasteiger partial charge in [-0.25, -0.2) is 9.78 Å². The molecule has 0 aliphatic carbocycles. The second kappa shape index (κ2) is 7.58. The molecule has 0 unspecified atom stereocenters. The summed E-state index contributed by atoms with van der Waals surface area (Å²) in [6, 6.07) is 3.29. The molecule has 1 amide bonds. The highest BCUT2D eigenvalue weighted by Gasteiger charge is 2.15. The number of pyridine rings is 1. The summed E-state index contributed by atoms with van der Waals surface area (Å²) in [5.74, 6) is 0.216. The van der Waals surface area contributed by atoms with Crippen molar-refractivity contribution in [3.8, 4) is 0 Å². The summed E-state index contributed by atoms with van der Waals surface area (Å²) in [7, 11) is 0. The molecule has 0 atom stereocenters. The molecule has 1 fully saturated rings. The van der Waals surface area contributed by atoms with E-state index >= 15 is 0 Å². The van der Waals surface area contributed by atoms with Gasteiger partial charge in [0.15, 0.2) is 0 Å². The smallest absolute Gasteiger partial charge is 0.339 e. The van der Waals surface area contributed by atoms with Gasteiger partial charge in [-0.05, 0) is 19.1 Å². The van der Waals surface area contributed by atoms with E-state index in [2.05, 4.69) is 15.6 Å². The maximum atomic E-state index is 12.0. The van der Waals surface area contributed by atoms with Gasteiger partial charge in [0.1, 0.15) is 5.82 Å². The van der Waals surface area contributed by atoms with E-state index in [0.29, 0.717) is 18.0 Å². The standard InChI is InChI=1S/C14H20N4O3/c1-2-21-14(20)11-3-4-12(16-9-11)17-10-13(19)18-7-5-15-6-8-18/h3-4,9,15H,2,5-8,10H2,1H3,(H,16,17). The van der Waals surface area contributed by atoms with Gasteiger partial charge < -0.3 is 20.3 Å². The molecule has 1 aromatic rings. The van der Waals surface area contributed by atoms with Gasteiger partial charge in [-0.3, -0.25) is 4.79 Å². The van der Waals surface area contributed by atoms with Crippen LogP contribution in [-0.4, -0.2) is 61.1 Å². The average Bonchev–Trinajstić information content (AvgIpc) is 2.54. The van der Waals surface area contributed by atoms with E-state index in [1.807, 2.05) is 4.90 Å². The lowest BCUT2D eigenvalue weighted by atomic mass is 10.3. The average molecular weight is 292 g/mol. The van der Waals surface area contributed by atoms with Crippen LogP contribution in [0.5, 0.6) is 0 Å². The third-order valence-electron chi connectivity index (χ3n) is 3.17. The van der Waals surface area contributed by atoms with Crippen LogP contribution >= 0.6 is 0 Å². The molecule has 1 aliphatic heterocycles. The maximum absolute atomic E-state index is 12.0. The topological polar surface area (TPSA) is 83.6 Å². The van der Waals surface area contributed by atoms with Crippen LogP contribution in [-0.2, 0) is 9.53 Å². The molecule has 0 radical (unpaired) electrons. The molecule has 114 valence electrons. The van der Waals surface area contributed by atoms with Crippen LogP contribution in [0, 0.1) is 0 Å². The molecule has 0 spiro atoms. The summed E-state index contributed by atoms with van der Waals surface area (Å²) in [6.07, 6.45) is 1.44. The fourth-order valence-corrected chi connectivity index (χ4v) is 2.03. The van der Waals surface area contributed by atoms with Crippen molar-refractivity contribution < 1.29 is 14.3 Å². The maximum Gasteiger partial charge on any atom is 0.339 e. The summed E-state index contributed by atoms with van der Waals surface area (Å²) >= 11 is 0. The molecule has 2 N–H and O–H groups in total. The summed E-state index contributed by atoms with van der Waals surface area (Å²) in [5.41, 5.74) is 0.399. The number of nitrogens with one attached hydrogen (secondary N) is 2. The van der Waals surface area contributed by atoms with E-state index in [1.165, 1.54) is 6.20 Å². The van der Waals surface area contributed by atoms with Crippen LogP contribution in [0.4, 0.5) is 5.82 Å². The largest absolute Gasteiger partial charge is 0.462 e. The molecule has 7 heteroatoms. The highest BCUT2D eigenvalue weighted by atomic mass is 16.5. The lowest BCUT2D eigenvalue weighted by Gasteiger charge is -2.27. The number of nitrogens with zero attached hydrogens (tertiary/aromatic N) is 2. The molecule has 0 bridgehead atoms. The first kappa shape index (κ1) is 15.2. The number of piperazine rings is 1. The number of esters is 1. The van der Waals surface area contributed by atoms with E-state index in [9.17, 15) is 9.59 Å². The van der Waals surface area contributed by atoms with E-state index < -0.39 is 5.97 Å². The fraction of sp³-hybridized carbons (Fsp3) is 0.500. The SMILES string of the molecule is CCOC(=O)c1ccc(NCC(=O)N2CCNCC2)nc1. The van der Waals surface area contributed by atoms with Gasteiger partial charge >= 0.3 is 5.97 Å².